The van der Waals surface area contributed by atoms with E-state index in [-0.39, 0.29) is 11.5 Å². The van der Waals surface area contributed by atoms with Crippen LogP contribution in [0.4, 0.5) is 13.2 Å². The van der Waals surface area contributed by atoms with Crippen LogP contribution in [0, 0.1) is 0 Å². The summed E-state index contributed by atoms with van der Waals surface area (Å²) < 4.78 is 38.4. The fourth-order valence-electron chi connectivity index (χ4n) is 4.69. The first-order valence-corrected chi connectivity index (χ1v) is 11.8. The van der Waals surface area contributed by atoms with E-state index in [1.54, 1.807) is 17.0 Å². The van der Waals surface area contributed by atoms with E-state index < -0.39 is 30.3 Å². The number of para-hydroxylation sites is 1. The summed E-state index contributed by atoms with van der Waals surface area (Å²) in [6, 6.07) is 17.9. The summed E-state index contributed by atoms with van der Waals surface area (Å²) in [5.41, 5.74) is 3.88. The van der Waals surface area contributed by atoms with E-state index in [1.807, 2.05) is 24.3 Å². The van der Waals surface area contributed by atoms with Gasteiger partial charge in [-0.25, -0.2) is 0 Å². The van der Waals surface area contributed by atoms with Crippen LogP contribution in [0.15, 0.2) is 72.8 Å². The van der Waals surface area contributed by atoms with Gasteiger partial charge >= 0.3 is 6.18 Å². The third-order valence-corrected chi connectivity index (χ3v) is 6.67. The molecule has 0 fully saturated rings. The summed E-state index contributed by atoms with van der Waals surface area (Å²) in [6.07, 6.45) is -3.74. The second kappa shape index (κ2) is 9.74. The minimum atomic E-state index is -4.41. The van der Waals surface area contributed by atoms with Gasteiger partial charge in [0, 0.05) is 28.7 Å². The van der Waals surface area contributed by atoms with Gasteiger partial charge in [0.1, 0.15) is 6.04 Å². The van der Waals surface area contributed by atoms with Crippen molar-refractivity contribution in [1.82, 2.24) is 15.2 Å². The molecule has 0 spiro atoms. The predicted octanol–water partition coefficient (Wildman–Crippen LogP) is 4.53. The van der Waals surface area contributed by atoms with Gasteiger partial charge in [0.15, 0.2) is 0 Å². The Bertz CT molecular complexity index is 1440. The van der Waals surface area contributed by atoms with Gasteiger partial charge in [0.2, 0.25) is 5.91 Å². The molecule has 0 bridgehead atoms. The van der Waals surface area contributed by atoms with E-state index >= 15 is 0 Å². The van der Waals surface area contributed by atoms with Gasteiger partial charge in [-0.3, -0.25) is 9.59 Å². The van der Waals surface area contributed by atoms with Crippen LogP contribution in [0.3, 0.4) is 0 Å². The summed E-state index contributed by atoms with van der Waals surface area (Å²) in [5, 5.41) is 13.6. The number of alkyl halides is 3. The molecule has 37 heavy (non-hydrogen) atoms. The van der Waals surface area contributed by atoms with Crippen LogP contribution in [0.5, 0.6) is 0 Å². The van der Waals surface area contributed by atoms with Crippen LogP contribution in [-0.4, -0.2) is 46.0 Å². The number of fused-ring (bicyclic) bond motifs is 3. The maximum absolute atomic E-state index is 13.1. The number of aliphatic hydroxyl groups excluding tert-OH is 1. The van der Waals surface area contributed by atoms with Gasteiger partial charge in [0.05, 0.1) is 18.7 Å². The van der Waals surface area contributed by atoms with Crippen LogP contribution >= 0.6 is 0 Å². The van der Waals surface area contributed by atoms with Gasteiger partial charge < -0.3 is 20.3 Å². The number of H-pyrrole nitrogens is 1. The molecule has 0 radical (unpaired) electrons. The Hall–Kier alpha value is -4.11. The van der Waals surface area contributed by atoms with Crippen molar-refractivity contribution >= 4 is 22.7 Å². The minimum absolute atomic E-state index is 0.262. The molecule has 1 aromatic heterocycles. The van der Waals surface area contributed by atoms with E-state index in [1.165, 1.54) is 29.8 Å². The van der Waals surface area contributed by atoms with E-state index in [4.69, 9.17) is 0 Å². The first kappa shape index (κ1) is 24.6. The van der Waals surface area contributed by atoms with Crippen molar-refractivity contribution in [2.45, 2.75) is 25.2 Å². The third-order valence-electron chi connectivity index (χ3n) is 6.67. The monoisotopic (exact) mass is 507 g/mol. The number of nitrogens with one attached hydrogen (secondary N) is 2. The Morgan fingerprint density at radius 3 is 2.27 bits per heavy atom. The molecule has 0 saturated carbocycles. The molecule has 3 aromatic carbocycles. The molecule has 2 heterocycles. The Balaban J connectivity index is 1.24. The fourth-order valence-corrected chi connectivity index (χ4v) is 4.69. The summed E-state index contributed by atoms with van der Waals surface area (Å²) >= 11 is 0. The molecular formula is C28H24F3N3O3. The molecule has 9 heteroatoms. The smallest absolute Gasteiger partial charge is 0.394 e. The van der Waals surface area contributed by atoms with Gasteiger partial charge in [-0.1, -0.05) is 42.5 Å². The summed E-state index contributed by atoms with van der Waals surface area (Å²) in [4.78, 5) is 30.9. The van der Waals surface area contributed by atoms with E-state index in [0.717, 1.165) is 28.7 Å². The number of aromatic amines is 1. The number of hydrogen-bond acceptors (Lipinski definition) is 3. The van der Waals surface area contributed by atoms with Crippen molar-refractivity contribution in [3.8, 4) is 11.1 Å². The van der Waals surface area contributed by atoms with Crippen molar-refractivity contribution in [2.24, 2.45) is 0 Å². The number of halogens is 3. The lowest BCUT2D eigenvalue weighted by atomic mass is 10.0. The van der Waals surface area contributed by atoms with Crippen molar-refractivity contribution in [1.29, 1.82) is 0 Å². The normalized spacial score (nSPS) is 14.3. The Labute approximate surface area is 210 Å². The maximum atomic E-state index is 13.1. The number of nitrogens with zero attached hydrogens (tertiary/aromatic N) is 1. The highest BCUT2D eigenvalue weighted by atomic mass is 19.4. The molecule has 5 rings (SSSR count). The second-order valence-electron chi connectivity index (χ2n) is 9.00. The number of aromatic nitrogens is 1. The van der Waals surface area contributed by atoms with Gasteiger partial charge in [-0.05, 0) is 53.4 Å². The molecule has 6 nitrogen and oxygen atoms in total. The van der Waals surface area contributed by atoms with Gasteiger partial charge in [-0.15, -0.1) is 0 Å². The lowest BCUT2D eigenvalue weighted by Crippen LogP contribution is -2.51. The highest BCUT2D eigenvalue weighted by Crippen LogP contribution is 2.31. The zero-order chi connectivity index (χ0) is 26.2. The number of amides is 2. The quantitative estimate of drug-likeness (QED) is 0.371. The molecule has 0 unspecified atom stereocenters. The van der Waals surface area contributed by atoms with Crippen LogP contribution in [0.25, 0.3) is 22.0 Å². The SMILES string of the molecule is O=C(N[C@@H](CO)C(=O)N1CCc2c([nH]c3ccccc23)C1)c1ccc(-c2ccc(C(F)(F)F)cc2)cc1. The summed E-state index contributed by atoms with van der Waals surface area (Å²) in [7, 11) is 0. The predicted molar refractivity (Wildman–Crippen MR) is 133 cm³/mol. The first-order valence-electron chi connectivity index (χ1n) is 11.8. The van der Waals surface area contributed by atoms with Crippen LogP contribution < -0.4 is 5.32 Å². The zero-order valence-corrected chi connectivity index (χ0v) is 19.7. The van der Waals surface area contributed by atoms with Gasteiger partial charge in [0.25, 0.3) is 5.91 Å². The summed E-state index contributed by atoms with van der Waals surface area (Å²) in [6.45, 7) is 0.281. The van der Waals surface area contributed by atoms with Crippen LogP contribution in [0.1, 0.15) is 27.2 Å². The molecule has 1 aliphatic rings. The largest absolute Gasteiger partial charge is 0.416 e. The van der Waals surface area contributed by atoms with Crippen molar-refractivity contribution < 1.29 is 27.9 Å². The average Bonchev–Trinajstić information content (AvgIpc) is 3.29. The molecule has 3 N–H and O–H groups in total. The number of rotatable bonds is 5. The third kappa shape index (κ3) is 4.95. The number of carbonyl (C=O) groups excluding carboxylic acids is 2. The number of benzene rings is 3. The van der Waals surface area contributed by atoms with E-state index in [9.17, 15) is 27.9 Å². The molecule has 1 atom stereocenters. The Morgan fingerprint density at radius 2 is 1.62 bits per heavy atom. The highest BCUT2D eigenvalue weighted by molar-refractivity contribution is 5.98. The van der Waals surface area contributed by atoms with Crippen LogP contribution in [-0.2, 0) is 23.9 Å². The standard InChI is InChI=1S/C28H24F3N3O3/c29-28(30,31)20-11-9-18(10-12-20)17-5-7-19(8-6-17)26(36)33-25(16-35)27(37)34-14-13-22-21-3-1-2-4-23(21)32-24(22)15-34/h1-12,25,32,35H,13-16H2,(H,33,36)/t25-/m0/s1. The Morgan fingerprint density at radius 1 is 0.973 bits per heavy atom. The second-order valence-corrected chi connectivity index (χ2v) is 9.00. The number of carbonyl (C=O) groups is 2. The lowest BCUT2D eigenvalue weighted by Gasteiger charge is -2.30. The molecular weight excluding hydrogens is 483 g/mol. The topological polar surface area (TPSA) is 85.4 Å². The highest BCUT2D eigenvalue weighted by Gasteiger charge is 2.31. The van der Waals surface area contributed by atoms with E-state index in [0.29, 0.717) is 30.6 Å². The molecule has 2 amide bonds. The fraction of sp³-hybridized carbons (Fsp3) is 0.214. The van der Waals surface area contributed by atoms with E-state index in [2.05, 4.69) is 10.3 Å². The maximum Gasteiger partial charge on any atom is 0.416 e. The van der Waals surface area contributed by atoms with Crippen LogP contribution in [0.2, 0.25) is 0 Å². The summed E-state index contributed by atoms with van der Waals surface area (Å²) in [5.74, 6) is -0.906. The van der Waals surface area contributed by atoms with Crippen molar-refractivity contribution in [2.75, 3.05) is 13.2 Å². The number of aliphatic hydroxyl groups is 1. The minimum Gasteiger partial charge on any atom is -0.394 e. The molecule has 4 aromatic rings. The lowest BCUT2D eigenvalue weighted by molar-refractivity contribution is -0.137. The average molecular weight is 508 g/mol. The zero-order valence-electron chi connectivity index (χ0n) is 19.7. The Kier molecular flexibility index (Phi) is 6.47. The molecule has 1 aliphatic heterocycles. The molecule has 0 aliphatic carbocycles. The molecule has 0 saturated heterocycles. The number of hydrogen-bond donors (Lipinski definition) is 3. The molecule has 190 valence electrons. The van der Waals surface area contributed by atoms with Gasteiger partial charge in [-0.2, -0.15) is 13.2 Å². The van der Waals surface area contributed by atoms with Crippen molar-refractivity contribution in [3.63, 3.8) is 0 Å². The first-order chi connectivity index (χ1) is 17.7. The van der Waals surface area contributed by atoms with Crippen molar-refractivity contribution in [3.05, 3.63) is 95.2 Å².